The summed E-state index contributed by atoms with van der Waals surface area (Å²) >= 11 is 0. The lowest BCUT2D eigenvalue weighted by Gasteiger charge is -1.93. The molecule has 1 aromatic carbocycles. The van der Waals surface area contributed by atoms with E-state index in [-0.39, 0.29) is 5.57 Å². The van der Waals surface area contributed by atoms with Crippen LogP contribution in [0.2, 0.25) is 0 Å². The van der Waals surface area contributed by atoms with Crippen LogP contribution >= 0.6 is 0 Å². The average Bonchev–Trinajstić information content (AvgIpc) is 2.26. The largest absolute Gasteiger partial charge is 0.465 e. The fraction of sp³-hybridized carbons (Fsp3) is 0.0833. The third-order valence-corrected chi connectivity index (χ3v) is 1.56. The van der Waals surface area contributed by atoms with Crippen molar-refractivity contribution in [2.24, 2.45) is 0 Å². The zero-order chi connectivity index (χ0) is 10.4. The van der Waals surface area contributed by atoms with E-state index >= 15 is 0 Å². The van der Waals surface area contributed by atoms with Gasteiger partial charge in [-0.25, -0.2) is 4.79 Å². The van der Waals surface area contributed by atoms with E-state index in [0.29, 0.717) is 0 Å². The van der Waals surface area contributed by atoms with E-state index in [1.54, 1.807) is 0 Å². The fourth-order valence-electron chi connectivity index (χ4n) is 0.843. The summed E-state index contributed by atoms with van der Waals surface area (Å²) in [5.41, 5.74) is 1.01. The molecular weight excluding hydrogens is 176 g/mol. The van der Waals surface area contributed by atoms with Crippen LogP contribution in [0, 0.1) is 11.8 Å². The molecule has 0 bridgehead atoms. The summed E-state index contributed by atoms with van der Waals surface area (Å²) in [4.78, 5) is 10.9. The highest BCUT2D eigenvalue weighted by atomic mass is 16.5. The first-order valence-electron chi connectivity index (χ1n) is 4.08. The van der Waals surface area contributed by atoms with Crippen LogP contribution in [-0.2, 0) is 9.53 Å². The predicted molar refractivity (Wildman–Crippen MR) is 54.5 cm³/mol. The van der Waals surface area contributed by atoms with Crippen molar-refractivity contribution in [2.75, 3.05) is 7.11 Å². The van der Waals surface area contributed by atoms with Crippen molar-refractivity contribution < 1.29 is 9.53 Å². The molecule has 0 fully saturated rings. The Labute approximate surface area is 83.2 Å². The van der Waals surface area contributed by atoms with E-state index in [1.807, 2.05) is 30.3 Å². The highest BCUT2D eigenvalue weighted by Crippen LogP contribution is 1.97. The highest BCUT2D eigenvalue weighted by molar-refractivity contribution is 5.92. The Hall–Kier alpha value is -2.01. The lowest BCUT2D eigenvalue weighted by atomic mass is 10.2. The molecule has 0 heterocycles. The predicted octanol–water partition coefficient (Wildman–Crippen LogP) is 1.77. The number of carbonyl (C=O) groups excluding carboxylic acids is 1. The molecule has 0 unspecified atom stereocenters. The van der Waals surface area contributed by atoms with Crippen LogP contribution in [0.5, 0.6) is 0 Å². The minimum Gasteiger partial charge on any atom is -0.465 e. The molecule has 0 aromatic heterocycles. The van der Waals surface area contributed by atoms with Gasteiger partial charge in [-0.2, -0.15) is 0 Å². The second kappa shape index (κ2) is 4.88. The lowest BCUT2D eigenvalue weighted by Crippen LogP contribution is -2.01. The first-order chi connectivity index (χ1) is 6.74. The van der Waals surface area contributed by atoms with Crippen molar-refractivity contribution in [1.82, 2.24) is 0 Å². The second-order valence-electron chi connectivity index (χ2n) is 2.59. The van der Waals surface area contributed by atoms with Crippen molar-refractivity contribution >= 4 is 5.97 Å². The molecule has 0 radical (unpaired) electrons. The number of ether oxygens (including phenoxy) is 1. The van der Waals surface area contributed by atoms with E-state index in [9.17, 15) is 4.79 Å². The molecular formula is C12H10O2. The SMILES string of the molecule is C=C(C#Cc1ccccc1)C(=O)OC. The molecule has 1 rings (SSSR count). The Morgan fingerprint density at radius 2 is 2.00 bits per heavy atom. The summed E-state index contributed by atoms with van der Waals surface area (Å²) in [6, 6.07) is 9.38. The van der Waals surface area contributed by atoms with Crippen LogP contribution in [0.3, 0.4) is 0 Å². The molecule has 0 saturated heterocycles. The van der Waals surface area contributed by atoms with Crippen LogP contribution in [0.1, 0.15) is 5.56 Å². The molecule has 0 N–H and O–H groups in total. The molecule has 2 nitrogen and oxygen atoms in total. The van der Waals surface area contributed by atoms with Crippen molar-refractivity contribution in [3.8, 4) is 11.8 Å². The first-order valence-corrected chi connectivity index (χ1v) is 4.08. The zero-order valence-corrected chi connectivity index (χ0v) is 7.91. The van der Waals surface area contributed by atoms with Gasteiger partial charge >= 0.3 is 5.97 Å². The third-order valence-electron chi connectivity index (χ3n) is 1.56. The van der Waals surface area contributed by atoms with Gasteiger partial charge in [0.05, 0.1) is 7.11 Å². The molecule has 0 aliphatic rings. The molecule has 0 spiro atoms. The van der Waals surface area contributed by atoms with Crippen LogP contribution in [0.15, 0.2) is 42.5 Å². The Bertz CT molecular complexity index is 393. The lowest BCUT2D eigenvalue weighted by molar-refractivity contribution is -0.135. The molecule has 0 aliphatic carbocycles. The van der Waals surface area contributed by atoms with Gasteiger partial charge in [0.1, 0.15) is 5.57 Å². The van der Waals surface area contributed by atoms with Crippen LogP contribution in [0.4, 0.5) is 0 Å². The number of benzene rings is 1. The van der Waals surface area contributed by atoms with Gasteiger partial charge in [-0.1, -0.05) is 36.6 Å². The minimum absolute atomic E-state index is 0.163. The van der Waals surface area contributed by atoms with Crippen molar-refractivity contribution in [2.45, 2.75) is 0 Å². The van der Waals surface area contributed by atoms with Crippen molar-refractivity contribution in [3.63, 3.8) is 0 Å². The normalized spacial score (nSPS) is 8.36. The smallest absolute Gasteiger partial charge is 0.345 e. The number of hydrogen-bond acceptors (Lipinski definition) is 2. The average molecular weight is 186 g/mol. The van der Waals surface area contributed by atoms with Gasteiger partial charge in [-0.15, -0.1) is 0 Å². The van der Waals surface area contributed by atoms with Gasteiger partial charge in [0, 0.05) is 5.56 Å². The van der Waals surface area contributed by atoms with Gasteiger partial charge < -0.3 is 4.74 Å². The summed E-state index contributed by atoms with van der Waals surface area (Å²) < 4.78 is 4.46. The fourth-order valence-corrected chi connectivity index (χ4v) is 0.843. The maximum absolute atomic E-state index is 10.9. The molecule has 1 aromatic rings. The number of carbonyl (C=O) groups is 1. The summed E-state index contributed by atoms with van der Waals surface area (Å²) in [7, 11) is 1.30. The maximum Gasteiger partial charge on any atom is 0.345 e. The third kappa shape index (κ3) is 2.80. The molecule has 0 aliphatic heterocycles. The van der Waals surface area contributed by atoms with E-state index in [0.717, 1.165) is 5.56 Å². The molecule has 70 valence electrons. The summed E-state index contributed by atoms with van der Waals surface area (Å²) in [5, 5.41) is 0. The first kappa shape index (κ1) is 10.1. The highest BCUT2D eigenvalue weighted by Gasteiger charge is 2.00. The van der Waals surface area contributed by atoms with Gasteiger partial charge in [0.2, 0.25) is 0 Å². The molecule has 0 atom stereocenters. The number of methoxy groups -OCH3 is 1. The van der Waals surface area contributed by atoms with E-state index in [4.69, 9.17) is 0 Å². The Balaban J connectivity index is 2.74. The van der Waals surface area contributed by atoms with E-state index in [2.05, 4.69) is 23.2 Å². The van der Waals surface area contributed by atoms with Crippen molar-refractivity contribution in [1.29, 1.82) is 0 Å². The van der Waals surface area contributed by atoms with Gasteiger partial charge in [0.15, 0.2) is 0 Å². The molecule has 14 heavy (non-hydrogen) atoms. The summed E-state index contributed by atoms with van der Waals surface area (Å²) in [6.45, 7) is 3.49. The zero-order valence-electron chi connectivity index (χ0n) is 7.91. The monoisotopic (exact) mass is 186 g/mol. The van der Waals surface area contributed by atoms with Gasteiger partial charge in [-0.3, -0.25) is 0 Å². The standard InChI is InChI=1S/C12H10O2/c1-10(12(13)14-2)8-9-11-6-4-3-5-7-11/h3-7H,1H2,2H3. The van der Waals surface area contributed by atoms with E-state index < -0.39 is 5.97 Å². The quantitative estimate of drug-likeness (QED) is 0.379. The van der Waals surface area contributed by atoms with E-state index in [1.165, 1.54) is 7.11 Å². The second-order valence-corrected chi connectivity index (χ2v) is 2.59. The Kier molecular flexibility index (Phi) is 3.51. The summed E-state index contributed by atoms with van der Waals surface area (Å²) in [5.74, 6) is 4.95. The molecule has 0 amide bonds. The minimum atomic E-state index is -0.492. The Morgan fingerprint density at radius 3 is 2.57 bits per heavy atom. The molecule has 2 heteroatoms. The Morgan fingerprint density at radius 1 is 1.36 bits per heavy atom. The number of rotatable bonds is 1. The topological polar surface area (TPSA) is 26.3 Å². The van der Waals surface area contributed by atoms with Crippen LogP contribution in [0.25, 0.3) is 0 Å². The molecule has 0 saturated carbocycles. The van der Waals surface area contributed by atoms with Crippen molar-refractivity contribution in [3.05, 3.63) is 48.0 Å². The van der Waals surface area contributed by atoms with Gasteiger partial charge in [-0.05, 0) is 12.1 Å². The van der Waals surface area contributed by atoms with Crippen LogP contribution in [-0.4, -0.2) is 13.1 Å². The maximum atomic E-state index is 10.9. The van der Waals surface area contributed by atoms with Crippen LogP contribution < -0.4 is 0 Å². The number of hydrogen-bond donors (Lipinski definition) is 0. The van der Waals surface area contributed by atoms with Gasteiger partial charge in [0.25, 0.3) is 0 Å². The summed E-state index contributed by atoms with van der Waals surface area (Å²) in [6.07, 6.45) is 0. The number of esters is 1.